The van der Waals surface area contributed by atoms with Gasteiger partial charge >= 0.3 is 39.5 Å². The SMILES string of the molecule is CCCCCCCC(=O)OC[C@H](COP(=O)(O)OC[C@H](O)COP(=O)(O)OC[C@@H](COC(=O)CCCCCCCCCCCCCCCCCCC(C)C)OC(=O)CCCCCCCCCCCCCCCCCCCCC(C)CC)OC(=O)CCCCCCCCCCCC(C)C. The third kappa shape index (κ3) is 71.1. The predicted molar refractivity (Wildman–Crippen MR) is 400 cm³/mol. The Morgan fingerprint density at radius 3 is 0.776 bits per heavy atom. The van der Waals surface area contributed by atoms with Gasteiger partial charge in [-0.3, -0.25) is 37.3 Å². The summed E-state index contributed by atoms with van der Waals surface area (Å²) in [5.41, 5.74) is 0. The molecule has 3 unspecified atom stereocenters. The summed E-state index contributed by atoms with van der Waals surface area (Å²) in [6.07, 6.45) is 57.4. The molecule has 0 aliphatic heterocycles. The number of ether oxygens (including phenoxy) is 4. The van der Waals surface area contributed by atoms with Gasteiger partial charge in [0.1, 0.15) is 19.3 Å². The standard InChI is InChI=1S/C79H154O17P2/c1-8-10-11-43-53-60-76(81)89-66-74(95-79(84)63-56-49-42-36-30-32-38-45-51-58-71(5)6)68-93-97(85,86)91-64-73(80)65-92-98(87,88)94-69-75(67-90-77(82)61-54-47-40-34-28-24-20-17-16-18-22-26-31-37-44-50-57-70(3)4)96-78(83)62-55-48-41-35-29-25-21-15-13-12-14-19-23-27-33-39-46-52-59-72(7)9-2/h70-75,80H,8-69H2,1-7H3,(H,85,86)(H,87,88)/t72?,73-,74+,75+/m0/s1. The zero-order valence-electron chi connectivity index (χ0n) is 64.3. The van der Waals surface area contributed by atoms with Crippen LogP contribution >= 0.6 is 15.6 Å². The van der Waals surface area contributed by atoms with Crippen LogP contribution in [0.25, 0.3) is 0 Å². The monoisotopic (exact) mass is 1440 g/mol. The highest BCUT2D eigenvalue weighted by Gasteiger charge is 2.30. The highest BCUT2D eigenvalue weighted by atomic mass is 31.2. The maximum atomic E-state index is 13.1. The van der Waals surface area contributed by atoms with E-state index >= 15 is 0 Å². The molecule has 0 fully saturated rings. The molecular formula is C79H154O17P2. The maximum Gasteiger partial charge on any atom is 0.472 e. The van der Waals surface area contributed by atoms with Gasteiger partial charge in [0.2, 0.25) is 0 Å². The highest BCUT2D eigenvalue weighted by Crippen LogP contribution is 2.45. The average molecular weight is 1440 g/mol. The molecule has 0 bridgehead atoms. The third-order valence-electron chi connectivity index (χ3n) is 18.7. The van der Waals surface area contributed by atoms with E-state index in [4.69, 9.17) is 37.0 Å². The second-order valence-corrected chi connectivity index (χ2v) is 32.6. The van der Waals surface area contributed by atoms with E-state index in [-0.39, 0.29) is 25.7 Å². The van der Waals surface area contributed by atoms with Crippen molar-refractivity contribution < 1.29 is 80.2 Å². The van der Waals surface area contributed by atoms with Crippen molar-refractivity contribution in [3.63, 3.8) is 0 Å². The number of hydrogen-bond donors (Lipinski definition) is 3. The van der Waals surface area contributed by atoms with E-state index in [0.29, 0.717) is 25.7 Å². The molecule has 6 atom stereocenters. The third-order valence-corrected chi connectivity index (χ3v) is 20.6. The Morgan fingerprint density at radius 2 is 0.520 bits per heavy atom. The predicted octanol–water partition coefficient (Wildman–Crippen LogP) is 23.4. The summed E-state index contributed by atoms with van der Waals surface area (Å²) in [6, 6.07) is 0. The van der Waals surface area contributed by atoms with Crippen LogP contribution < -0.4 is 0 Å². The van der Waals surface area contributed by atoms with Gasteiger partial charge in [-0.1, -0.05) is 357 Å². The quantitative estimate of drug-likeness (QED) is 0.0222. The summed E-state index contributed by atoms with van der Waals surface area (Å²) in [5.74, 6) is 0.294. The fourth-order valence-electron chi connectivity index (χ4n) is 12.1. The molecule has 0 rings (SSSR count). The Bertz CT molecular complexity index is 1910. The van der Waals surface area contributed by atoms with Crippen LogP contribution in [0.15, 0.2) is 0 Å². The van der Waals surface area contributed by atoms with Crippen LogP contribution in [0.3, 0.4) is 0 Å². The van der Waals surface area contributed by atoms with Crippen molar-refractivity contribution >= 4 is 39.5 Å². The lowest BCUT2D eigenvalue weighted by molar-refractivity contribution is -0.161. The molecule has 0 heterocycles. The number of esters is 4. The average Bonchev–Trinajstić information content (AvgIpc) is 1.06. The molecule has 17 nitrogen and oxygen atoms in total. The smallest absolute Gasteiger partial charge is 0.462 e. The zero-order chi connectivity index (χ0) is 72.3. The molecule has 0 aromatic rings. The van der Waals surface area contributed by atoms with Crippen molar-refractivity contribution in [1.82, 2.24) is 0 Å². The second-order valence-electron chi connectivity index (χ2n) is 29.6. The molecule has 0 saturated heterocycles. The summed E-state index contributed by atoms with van der Waals surface area (Å²) in [7, 11) is -9.90. The van der Waals surface area contributed by atoms with E-state index in [2.05, 4.69) is 48.5 Å². The Hall–Kier alpha value is -1.94. The molecule has 0 saturated carbocycles. The minimum absolute atomic E-state index is 0.104. The summed E-state index contributed by atoms with van der Waals surface area (Å²) < 4.78 is 68.4. The van der Waals surface area contributed by atoms with Crippen molar-refractivity contribution in [3.05, 3.63) is 0 Å². The van der Waals surface area contributed by atoms with E-state index in [0.717, 1.165) is 114 Å². The number of phosphoric ester groups is 2. The number of carbonyl (C=O) groups excluding carboxylic acids is 4. The lowest BCUT2D eigenvalue weighted by atomic mass is 9.99. The van der Waals surface area contributed by atoms with Crippen LogP contribution in [0.2, 0.25) is 0 Å². The Labute approximate surface area is 600 Å². The van der Waals surface area contributed by atoms with Crippen LogP contribution in [0, 0.1) is 17.8 Å². The van der Waals surface area contributed by atoms with Crippen LogP contribution in [-0.2, 0) is 65.4 Å². The van der Waals surface area contributed by atoms with Crippen molar-refractivity contribution in [2.24, 2.45) is 17.8 Å². The number of rotatable bonds is 77. The molecule has 0 aromatic carbocycles. The molecule has 19 heteroatoms. The van der Waals surface area contributed by atoms with Gasteiger partial charge in [0.15, 0.2) is 12.2 Å². The highest BCUT2D eigenvalue weighted by molar-refractivity contribution is 7.47. The van der Waals surface area contributed by atoms with Crippen molar-refractivity contribution in [1.29, 1.82) is 0 Å². The lowest BCUT2D eigenvalue weighted by Gasteiger charge is -2.21. The molecule has 582 valence electrons. The molecule has 0 amide bonds. The van der Waals surface area contributed by atoms with E-state index in [1.807, 2.05) is 0 Å². The van der Waals surface area contributed by atoms with Crippen LogP contribution in [0.5, 0.6) is 0 Å². The fourth-order valence-corrected chi connectivity index (χ4v) is 13.7. The van der Waals surface area contributed by atoms with Gasteiger partial charge in [-0.25, -0.2) is 9.13 Å². The van der Waals surface area contributed by atoms with Gasteiger partial charge < -0.3 is 33.8 Å². The largest absolute Gasteiger partial charge is 0.472 e. The first-order valence-corrected chi connectivity index (χ1v) is 43.9. The van der Waals surface area contributed by atoms with Gasteiger partial charge in [-0.15, -0.1) is 0 Å². The maximum absolute atomic E-state index is 13.1. The summed E-state index contributed by atoms with van der Waals surface area (Å²) in [4.78, 5) is 72.6. The molecule has 0 aromatic heterocycles. The Kier molecular flexibility index (Phi) is 68.1. The number of phosphoric acid groups is 2. The normalized spacial score (nSPS) is 14.3. The van der Waals surface area contributed by atoms with Crippen molar-refractivity contribution in [2.45, 2.75) is 426 Å². The van der Waals surface area contributed by atoms with Gasteiger partial charge in [0.05, 0.1) is 26.4 Å². The second kappa shape index (κ2) is 69.4. The van der Waals surface area contributed by atoms with Crippen LogP contribution in [-0.4, -0.2) is 96.7 Å². The summed E-state index contributed by atoms with van der Waals surface area (Å²) in [6.45, 7) is 11.9. The number of aliphatic hydroxyl groups excluding tert-OH is 1. The summed E-state index contributed by atoms with van der Waals surface area (Å²) in [5, 5.41) is 10.6. The number of unbranched alkanes of at least 4 members (excludes halogenated alkanes) is 44. The van der Waals surface area contributed by atoms with E-state index in [9.17, 15) is 43.2 Å². The van der Waals surface area contributed by atoms with Crippen molar-refractivity contribution in [3.8, 4) is 0 Å². The first-order chi connectivity index (χ1) is 47.3. The van der Waals surface area contributed by atoms with Crippen LogP contribution in [0.1, 0.15) is 408 Å². The Balaban J connectivity index is 5.11. The minimum Gasteiger partial charge on any atom is -0.462 e. The molecule has 0 aliphatic carbocycles. The molecule has 0 spiro atoms. The van der Waals surface area contributed by atoms with E-state index < -0.39 is 97.5 Å². The minimum atomic E-state index is -4.96. The number of hydrogen-bond acceptors (Lipinski definition) is 15. The molecule has 98 heavy (non-hydrogen) atoms. The first kappa shape index (κ1) is 96.1. The van der Waals surface area contributed by atoms with Crippen LogP contribution in [0.4, 0.5) is 0 Å². The van der Waals surface area contributed by atoms with Crippen molar-refractivity contribution in [2.75, 3.05) is 39.6 Å². The molecule has 0 radical (unpaired) electrons. The Morgan fingerprint density at radius 1 is 0.296 bits per heavy atom. The van der Waals surface area contributed by atoms with E-state index in [1.165, 1.54) is 212 Å². The molecule has 0 aliphatic rings. The first-order valence-electron chi connectivity index (χ1n) is 40.9. The zero-order valence-corrected chi connectivity index (χ0v) is 66.0. The fraction of sp³-hybridized carbons (Fsp3) is 0.949. The van der Waals surface area contributed by atoms with Gasteiger partial charge in [0, 0.05) is 25.7 Å². The number of carbonyl (C=O) groups is 4. The molecule has 3 N–H and O–H groups in total. The van der Waals surface area contributed by atoms with Gasteiger partial charge in [-0.05, 0) is 43.4 Å². The number of aliphatic hydroxyl groups is 1. The lowest BCUT2D eigenvalue weighted by Crippen LogP contribution is -2.30. The molecular weight excluding hydrogens is 1280 g/mol. The summed E-state index contributed by atoms with van der Waals surface area (Å²) >= 11 is 0. The van der Waals surface area contributed by atoms with E-state index in [1.54, 1.807) is 0 Å². The van der Waals surface area contributed by atoms with Gasteiger partial charge in [-0.2, -0.15) is 0 Å². The van der Waals surface area contributed by atoms with Gasteiger partial charge in [0.25, 0.3) is 0 Å². The topological polar surface area (TPSA) is 237 Å².